The van der Waals surface area contributed by atoms with Crippen molar-refractivity contribution in [2.24, 2.45) is 0 Å². The van der Waals surface area contributed by atoms with Crippen LogP contribution in [0.2, 0.25) is 10.0 Å². The molecular formula is C15H13BrCl2N2O3. The van der Waals surface area contributed by atoms with Gasteiger partial charge in [-0.3, -0.25) is 4.79 Å². The number of nitrogen functional groups attached to an aromatic ring is 1. The second-order valence-electron chi connectivity index (χ2n) is 4.50. The van der Waals surface area contributed by atoms with Gasteiger partial charge in [0.1, 0.15) is 11.5 Å². The van der Waals surface area contributed by atoms with Gasteiger partial charge in [-0.1, -0.05) is 23.2 Å². The molecule has 0 bridgehead atoms. The molecule has 0 aliphatic heterocycles. The molecule has 5 nitrogen and oxygen atoms in total. The number of carbonyl (C=O) groups is 1. The van der Waals surface area contributed by atoms with Crippen molar-refractivity contribution in [3.05, 3.63) is 44.3 Å². The highest BCUT2D eigenvalue weighted by molar-refractivity contribution is 9.10. The lowest BCUT2D eigenvalue weighted by Crippen LogP contribution is -2.15. The number of nitrogens with one attached hydrogen (secondary N) is 1. The Morgan fingerprint density at radius 2 is 1.87 bits per heavy atom. The monoisotopic (exact) mass is 418 g/mol. The molecule has 2 aromatic rings. The van der Waals surface area contributed by atoms with Gasteiger partial charge in [-0.25, -0.2) is 0 Å². The highest BCUT2D eigenvalue weighted by Gasteiger charge is 2.19. The van der Waals surface area contributed by atoms with Gasteiger partial charge in [-0.15, -0.1) is 0 Å². The molecule has 1 amide bonds. The van der Waals surface area contributed by atoms with Crippen molar-refractivity contribution in [1.29, 1.82) is 0 Å². The minimum atomic E-state index is -0.449. The summed E-state index contributed by atoms with van der Waals surface area (Å²) in [6.07, 6.45) is 0. The number of methoxy groups -OCH3 is 2. The van der Waals surface area contributed by atoms with Crippen LogP contribution in [-0.4, -0.2) is 20.1 Å². The normalized spacial score (nSPS) is 10.3. The predicted octanol–water partition coefficient (Wildman–Crippen LogP) is 4.61. The summed E-state index contributed by atoms with van der Waals surface area (Å²) in [6.45, 7) is 0. The first-order valence-electron chi connectivity index (χ1n) is 6.34. The lowest BCUT2D eigenvalue weighted by atomic mass is 10.1. The molecule has 0 saturated heterocycles. The van der Waals surface area contributed by atoms with Crippen LogP contribution in [0.5, 0.6) is 11.5 Å². The third kappa shape index (κ3) is 3.83. The number of halogens is 3. The standard InChI is InChI=1S/C15H13BrCl2N2O3/c1-22-12-6-8(19)5-10(16)13(12)20-15(21)9-3-7(17)4-11(18)14(9)23-2/h3-6H,19H2,1-2H3,(H,20,21). The van der Waals surface area contributed by atoms with Crippen LogP contribution in [0.4, 0.5) is 11.4 Å². The predicted molar refractivity (Wildman–Crippen MR) is 96.1 cm³/mol. The second-order valence-corrected chi connectivity index (χ2v) is 6.20. The van der Waals surface area contributed by atoms with Crippen LogP contribution in [0.25, 0.3) is 0 Å². The van der Waals surface area contributed by atoms with Gasteiger partial charge in [-0.05, 0) is 34.1 Å². The van der Waals surface area contributed by atoms with Gasteiger partial charge in [0, 0.05) is 21.2 Å². The van der Waals surface area contributed by atoms with Gasteiger partial charge in [0.2, 0.25) is 0 Å². The largest absolute Gasteiger partial charge is 0.494 e. The Bertz CT molecular complexity index is 769. The highest BCUT2D eigenvalue weighted by Crippen LogP contribution is 2.37. The van der Waals surface area contributed by atoms with E-state index in [1.54, 1.807) is 12.1 Å². The first-order chi connectivity index (χ1) is 10.9. The molecule has 0 fully saturated rings. The molecule has 0 radical (unpaired) electrons. The minimum Gasteiger partial charge on any atom is -0.494 e. The smallest absolute Gasteiger partial charge is 0.259 e. The van der Waals surface area contributed by atoms with Crippen LogP contribution in [0.3, 0.4) is 0 Å². The molecule has 0 aliphatic carbocycles. The van der Waals surface area contributed by atoms with Crippen molar-refractivity contribution in [3.63, 3.8) is 0 Å². The fourth-order valence-corrected chi connectivity index (χ4v) is 3.13. The van der Waals surface area contributed by atoms with Crippen molar-refractivity contribution in [2.45, 2.75) is 0 Å². The van der Waals surface area contributed by atoms with E-state index in [4.69, 9.17) is 38.4 Å². The number of rotatable bonds is 4. The first kappa shape index (κ1) is 17.7. The van der Waals surface area contributed by atoms with Gasteiger partial charge >= 0.3 is 0 Å². The van der Waals surface area contributed by atoms with E-state index in [2.05, 4.69) is 21.2 Å². The molecule has 8 heteroatoms. The van der Waals surface area contributed by atoms with Crippen molar-refractivity contribution >= 4 is 56.4 Å². The van der Waals surface area contributed by atoms with Crippen molar-refractivity contribution in [1.82, 2.24) is 0 Å². The molecule has 122 valence electrons. The number of anilines is 2. The average Bonchev–Trinajstić information content (AvgIpc) is 2.48. The van der Waals surface area contributed by atoms with E-state index in [0.717, 1.165) is 0 Å². The summed E-state index contributed by atoms with van der Waals surface area (Å²) in [7, 11) is 2.90. The molecular weight excluding hydrogens is 407 g/mol. The lowest BCUT2D eigenvalue weighted by Gasteiger charge is -2.15. The maximum atomic E-state index is 12.6. The Morgan fingerprint density at radius 3 is 2.48 bits per heavy atom. The van der Waals surface area contributed by atoms with Gasteiger partial charge in [0.25, 0.3) is 5.91 Å². The van der Waals surface area contributed by atoms with E-state index in [1.807, 2.05) is 0 Å². The van der Waals surface area contributed by atoms with Crippen LogP contribution in [0.15, 0.2) is 28.7 Å². The van der Waals surface area contributed by atoms with E-state index in [0.29, 0.717) is 26.6 Å². The Hall–Kier alpha value is -1.63. The van der Waals surface area contributed by atoms with Gasteiger partial charge < -0.3 is 20.5 Å². The molecule has 0 aliphatic rings. The molecule has 0 heterocycles. The number of carbonyl (C=O) groups excluding carboxylic acids is 1. The SMILES string of the molecule is COc1cc(N)cc(Br)c1NC(=O)c1cc(Cl)cc(Cl)c1OC. The Balaban J connectivity index is 2.45. The van der Waals surface area contributed by atoms with E-state index in [1.165, 1.54) is 26.4 Å². The van der Waals surface area contributed by atoms with Crippen LogP contribution in [0, 0.1) is 0 Å². The minimum absolute atomic E-state index is 0.204. The molecule has 3 N–H and O–H groups in total. The summed E-state index contributed by atoms with van der Waals surface area (Å²) >= 11 is 15.4. The topological polar surface area (TPSA) is 73.6 Å². The fourth-order valence-electron chi connectivity index (χ4n) is 2.00. The maximum Gasteiger partial charge on any atom is 0.259 e. The third-order valence-electron chi connectivity index (χ3n) is 2.99. The quantitative estimate of drug-likeness (QED) is 0.709. The van der Waals surface area contributed by atoms with Crippen LogP contribution < -0.4 is 20.5 Å². The summed E-state index contributed by atoms with van der Waals surface area (Å²) in [5.74, 6) is 0.200. The molecule has 0 unspecified atom stereocenters. The van der Waals surface area contributed by atoms with Crippen molar-refractivity contribution < 1.29 is 14.3 Å². The molecule has 0 spiro atoms. The van der Waals surface area contributed by atoms with Gasteiger partial charge in [-0.2, -0.15) is 0 Å². The second kappa shape index (κ2) is 7.29. The maximum absolute atomic E-state index is 12.6. The first-order valence-corrected chi connectivity index (χ1v) is 7.89. The highest BCUT2D eigenvalue weighted by atomic mass is 79.9. The number of amides is 1. The molecule has 0 aromatic heterocycles. The average molecular weight is 420 g/mol. The molecule has 0 atom stereocenters. The van der Waals surface area contributed by atoms with Crippen LogP contribution in [-0.2, 0) is 0 Å². The van der Waals surface area contributed by atoms with Crippen LogP contribution in [0.1, 0.15) is 10.4 Å². The Labute approximate surface area is 151 Å². The summed E-state index contributed by atoms with van der Waals surface area (Å²) in [5, 5.41) is 3.31. The van der Waals surface area contributed by atoms with Crippen LogP contribution >= 0.6 is 39.1 Å². The zero-order valence-electron chi connectivity index (χ0n) is 12.2. The summed E-state index contributed by atoms with van der Waals surface area (Å²) in [5.41, 5.74) is 6.89. The zero-order chi connectivity index (χ0) is 17.1. The number of benzene rings is 2. The molecule has 2 rings (SSSR count). The van der Waals surface area contributed by atoms with Gasteiger partial charge in [0.05, 0.1) is 30.5 Å². The summed E-state index contributed by atoms with van der Waals surface area (Å²) in [4.78, 5) is 12.6. The number of hydrogen-bond acceptors (Lipinski definition) is 4. The van der Waals surface area contributed by atoms with E-state index < -0.39 is 5.91 Å². The lowest BCUT2D eigenvalue weighted by molar-refractivity contribution is 0.102. The number of nitrogens with two attached hydrogens (primary N) is 1. The Morgan fingerprint density at radius 1 is 1.17 bits per heavy atom. The number of ether oxygens (including phenoxy) is 2. The van der Waals surface area contributed by atoms with Crippen molar-refractivity contribution in [3.8, 4) is 11.5 Å². The fraction of sp³-hybridized carbons (Fsp3) is 0.133. The van der Waals surface area contributed by atoms with E-state index in [-0.39, 0.29) is 16.3 Å². The molecule has 0 saturated carbocycles. The summed E-state index contributed by atoms with van der Waals surface area (Å²) in [6, 6.07) is 6.22. The van der Waals surface area contributed by atoms with E-state index >= 15 is 0 Å². The summed E-state index contributed by atoms with van der Waals surface area (Å²) < 4.78 is 11.0. The third-order valence-corrected chi connectivity index (χ3v) is 4.12. The molecule has 23 heavy (non-hydrogen) atoms. The zero-order valence-corrected chi connectivity index (χ0v) is 15.3. The van der Waals surface area contributed by atoms with E-state index in [9.17, 15) is 4.79 Å². The molecule has 2 aromatic carbocycles. The van der Waals surface area contributed by atoms with Crippen molar-refractivity contribution in [2.75, 3.05) is 25.3 Å². The Kier molecular flexibility index (Phi) is 5.62. The van der Waals surface area contributed by atoms with Gasteiger partial charge in [0.15, 0.2) is 0 Å². The number of hydrogen-bond donors (Lipinski definition) is 2.